The molecule has 2 aromatic heterocycles. The average molecular weight is 443 g/mol. The van der Waals surface area contributed by atoms with Crippen LogP contribution < -0.4 is 5.32 Å². The molecule has 0 spiro atoms. The number of piperidine rings is 1. The van der Waals surface area contributed by atoms with Gasteiger partial charge in [0.05, 0.1) is 22.0 Å². The van der Waals surface area contributed by atoms with E-state index in [-0.39, 0.29) is 23.8 Å². The molecule has 3 heterocycles. The van der Waals surface area contributed by atoms with E-state index in [9.17, 15) is 9.59 Å². The summed E-state index contributed by atoms with van der Waals surface area (Å²) in [6.45, 7) is 1.24. The number of likely N-dealkylation sites (tertiary alicyclic amines) is 1. The van der Waals surface area contributed by atoms with Crippen LogP contribution >= 0.6 is 23.1 Å². The molecule has 2 amide bonds. The predicted molar refractivity (Wildman–Crippen MR) is 123 cm³/mol. The second-order valence-corrected chi connectivity index (χ2v) is 9.46. The molecule has 1 atom stereocenters. The van der Waals surface area contributed by atoms with Crippen LogP contribution in [-0.2, 0) is 4.79 Å². The second-order valence-electron chi connectivity index (χ2n) is 7.53. The summed E-state index contributed by atoms with van der Waals surface area (Å²) in [6, 6.07) is 11.5. The minimum Gasteiger partial charge on any atom is -0.346 e. The maximum Gasteiger partial charge on any atom is 0.263 e. The summed E-state index contributed by atoms with van der Waals surface area (Å²) < 4.78 is 0. The summed E-state index contributed by atoms with van der Waals surface area (Å²) in [5.74, 6) is 1.81. The summed E-state index contributed by atoms with van der Waals surface area (Å²) in [5.41, 5.74) is 1.90. The average Bonchev–Trinajstić information content (AvgIpc) is 3.46. The lowest BCUT2D eigenvalue weighted by atomic mass is 9.95. The highest BCUT2D eigenvalue weighted by Crippen LogP contribution is 2.24. The first-order chi connectivity index (χ1) is 14.7. The highest BCUT2D eigenvalue weighted by molar-refractivity contribution is 7.98. The minimum absolute atomic E-state index is 0.0600. The monoisotopic (exact) mass is 442 g/mol. The first-order valence-corrected chi connectivity index (χ1v) is 12.5. The minimum atomic E-state index is -0.136. The van der Waals surface area contributed by atoms with E-state index in [1.807, 2.05) is 46.7 Å². The number of fused-ring (bicyclic) bond motifs is 1. The van der Waals surface area contributed by atoms with Gasteiger partial charge in [0, 0.05) is 19.0 Å². The quantitative estimate of drug-likeness (QED) is 0.578. The third-order valence-electron chi connectivity index (χ3n) is 5.55. The van der Waals surface area contributed by atoms with Gasteiger partial charge in [-0.2, -0.15) is 11.8 Å². The molecule has 1 aliphatic rings. The van der Waals surface area contributed by atoms with Gasteiger partial charge in [-0.3, -0.25) is 9.59 Å². The predicted octanol–water partition coefficient (Wildman–Crippen LogP) is 4.09. The maximum atomic E-state index is 13.0. The summed E-state index contributed by atoms with van der Waals surface area (Å²) in [7, 11) is 0. The van der Waals surface area contributed by atoms with E-state index < -0.39 is 0 Å². The van der Waals surface area contributed by atoms with Crippen LogP contribution in [0.4, 0.5) is 0 Å². The number of rotatable bonds is 7. The first kappa shape index (κ1) is 20.9. The molecule has 3 aromatic rings. The van der Waals surface area contributed by atoms with Gasteiger partial charge in [0.1, 0.15) is 5.82 Å². The van der Waals surface area contributed by atoms with Crippen LogP contribution in [0.25, 0.3) is 11.0 Å². The van der Waals surface area contributed by atoms with Crippen LogP contribution in [-0.4, -0.2) is 51.8 Å². The van der Waals surface area contributed by atoms with E-state index >= 15 is 0 Å². The van der Waals surface area contributed by atoms with Gasteiger partial charge < -0.3 is 15.2 Å². The molecule has 0 aliphatic carbocycles. The fourth-order valence-electron chi connectivity index (χ4n) is 3.84. The van der Waals surface area contributed by atoms with Gasteiger partial charge >= 0.3 is 0 Å². The van der Waals surface area contributed by atoms with Crippen molar-refractivity contribution in [3.8, 4) is 0 Å². The van der Waals surface area contributed by atoms with E-state index in [1.165, 1.54) is 11.3 Å². The number of hydrogen-bond acceptors (Lipinski definition) is 5. The van der Waals surface area contributed by atoms with Gasteiger partial charge in [-0.15, -0.1) is 11.3 Å². The van der Waals surface area contributed by atoms with E-state index in [2.05, 4.69) is 16.6 Å². The molecule has 1 aromatic carbocycles. The van der Waals surface area contributed by atoms with Crippen molar-refractivity contribution in [3.05, 3.63) is 52.5 Å². The lowest BCUT2D eigenvalue weighted by Crippen LogP contribution is -2.43. The Morgan fingerprint density at radius 1 is 1.27 bits per heavy atom. The topological polar surface area (TPSA) is 78.1 Å². The number of carbonyl (C=O) groups excluding carboxylic acids is 2. The Balaban J connectivity index is 1.38. The van der Waals surface area contributed by atoms with Crippen molar-refractivity contribution >= 4 is 45.9 Å². The van der Waals surface area contributed by atoms with Crippen molar-refractivity contribution < 1.29 is 9.59 Å². The molecule has 0 saturated carbocycles. The molecule has 30 heavy (non-hydrogen) atoms. The number of nitrogens with zero attached hydrogens (tertiary/aromatic N) is 2. The fourth-order valence-corrected chi connectivity index (χ4v) is 5.00. The SMILES string of the molecule is CSCCC(NC(=O)C1CCN(C(=O)c2cccs2)CC1)c1nc2ccccc2[nH]1. The van der Waals surface area contributed by atoms with Gasteiger partial charge in [-0.1, -0.05) is 18.2 Å². The molecule has 1 saturated heterocycles. The number of hydrogen-bond donors (Lipinski definition) is 2. The summed E-state index contributed by atoms with van der Waals surface area (Å²) in [6.07, 6.45) is 4.27. The van der Waals surface area contributed by atoms with Crippen LogP contribution in [0.15, 0.2) is 41.8 Å². The molecule has 4 rings (SSSR count). The molecular formula is C22H26N4O2S2. The smallest absolute Gasteiger partial charge is 0.263 e. The molecule has 1 aliphatic heterocycles. The van der Waals surface area contributed by atoms with E-state index in [4.69, 9.17) is 4.98 Å². The Hall–Kier alpha value is -2.32. The van der Waals surface area contributed by atoms with Crippen LogP contribution in [0.2, 0.25) is 0 Å². The molecule has 1 fully saturated rings. The Bertz CT molecular complexity index is 961. The van der Waals surface area contributed by atoms with Crippen LogP contribution in [0.5, 0.6) is 0 Å². The molecule has 0 bridgehead atoms. The molecule has 0 radical (unpaired) electrons. The zero-order valence-corrected chi connectivity index (χ0v) is 18.6. The van der Waals surface area contributed by atoms with Crippen LogP contribution in [0.1, 0.15) is 40.8 Å². The van der Waals surface area contributed by atoms with Crippen LogP contribution in [0, 0.1) is 5.92 Å². The Morgan fingerprint density at radius 3 is 2.77 bits per heavy atom. The Kier molecular flexibility index (Phi) is 6.74. The van der Waals surface area contributed by atoms with Gasteiger partial charge in [-0.25, -0.2) is 4.98 Å². The van der Waals surface area contributed by atoms with Gasteiger partial charge in [0.2, 0.25) is 5.91 Å². The highest BCUT2D eigenvalue weighted by Gasteiger charge is 2.30. The van der Waals surface area contributed by atoms with Gasteiger partial charge in [0.25, 0.3) is 5.91 Å². The summed E-state index contributed by atoms with van der Waals surface area (Å²) in [5, 5.41) is 5.14. The molecular weight excluding hydrogens is 416 g/mol. The number of para-hydroxylation sites is 2. The highest BCUT2D eigenvalue weighted by atomic mass is 32.2. The zero-order valence-electron chi connectivity index (χ0n) is 17.0. The number of aromatic nitrogens is 2. The van der Waals surface area contributed by atoms with Gasteiger partial charge in [-0.05, 0) is 54.9 Å². The maximum absolute atomic E-state index is 13.0. The molecule has 1 unspecified atom stereocenters. The normalized spacial score (nSPS) is 16.0. The number of H-pyrrole nitrogens is 1. The molecule has 8 heteroatoms. The second kappa shape index (κ2) is 9.66. The zero-order chi connectivity index (χ0) is 20.9. The number of thiophene rings is 1. The first-order valence-electron chi connectivity index (χ1n) is 10.2. The van der Waals surface area contributed by atoms with E-state index in [0.29, 0.717) is 25.9 Å². The third kappa shape index (κ3) is 4.70. The van der Waals surface area contributed by atoms with E-state index in [0.717, 1.165) is 33.9 Å². The third-order valence-corrected chi connectivity index (χ3v) is 7.05. The van der Waals surface area contributed by atoms with Crippen LogP contribution in [0.3, 0.4) is 0 Å². The van der Waals surface area contributed by atoms with Gasteiger partial charge in [0.15, 0.2) is 0 Å². The van der Waals surface area contributed by atoms with Crippen molar-refractivity contribution in [1.29, 1.82) is 0 Å². The van der Waals surface area contributed by atoms with Crippen molar-refractivity contribution in [1.82, 2.24) is 20.2 Å². The molecule has 158 valence electrons. The lowest BCUT2D eigenvalue weighted by Gasteiger charge is -2.31. The van der Waals surface area contributed by atoms with Crippen molar-refractivity contribution in [2.45, 2.75) is 25.3 Å². The largest absolute Gasteiger partial charge is 0.346 e. The number of aromatic amines is 1. The number of imidazole rings is 1. The van der Waals surface area contributed by atoms with Crippen molar-refractivity contribution in [2.24, 2.45) is 5.92 Å². The summed E-state index contributed by atoms with van der Waals surface area (Å²) >= 11 is 3.22. The van der Waals surface area contributed by atoms with Crippen molar-refractivity contribution in [3.63, 3.8) is 0 Å². The lowest BCUT2D eigenvalue weighted by molar-refractivity contribution is -0.127. The number of carbonyl (C=O) groups is 2. The molecule has 2 N–H and O–H groups in total. The Morgan fingerprint density at radius 2 is 2.07 bits per heavy atom. The number of nitrogens with one attached hydrogen (secondary N) is 2. The fraction of sp³-hybridized carbons (Fsp3) is 0.409. The number of thioether (sulfide) groups is 1. The van der Waals surface area contributed by atoms with E-state index in [1.54, 1.807) is 11.8 Å². The number of amides is 2. The summed E-state index contributed by atoms with van der Waals surface area (Å²) in [4.78, 5) is 36.2. The van der Waals surface area contributed by atoms with Crippen molar-refractivity contribution in [2.75, 3.05) is 25.1 Å². The molecule has 6 nitrogen and oxygen atoms in total. The Labute approximate surface area is 184 Å². The number of benzene rings is 1. The standard InChI is InChI=1S/C22H26N4O2S2/c1-29-14-10-18(20-23-16-5-2-3-6-17(16)24-20)25-21(27)15-8-11-26(12-9-15)22(28)19-7-4-13-30-19/h2-7,13,15,18H,8-12,14H2,1H3,(H,23,24)(H,25,27).